The van der Waals surface area contributed by atoms with Gasteiger partial charge in [0.25, 0.3) is 11.8 Å². The van der Waals surface area contributed by atoms with Gasteiger partial charge in [-0.1, -0.05) is 0 Å². The van der Waals surface area contributed by atoms with Gasteiger partial charge in [0.15, 0.2) is 0 Å². The number of carbonyl (C=O) groups is 2. The molecule has 0 saturated carbocycles. The molecule has 0 heterocycles. The van der Waals surface area contributed by atoms with Crippen LogP contribution in [0.5, 0.6) is 11.5 Å². The Kier molecular flexibility index (Phi) is 6.77. The highest BCUT2D eigenvalue weighted by molar-refractivity contribution is 6.10. The van der Waals surface area contributed by atoms with Crippen molar-refractivity contribution in [3.8, 4) is 17.6 Å². The van der Waals surface area contributed by atoms with Crippen LogP contribution in [0.25, 0.3) is 6.08 Å². The number of methoxy groups -OCH3 is 2. The van der Waals surface area contributed by atoms with Gasteiger partial charge < -0.3 is 19.7 Å². The Morgan fingerprint density at radius 1 is 1.07 bits per heavy atom. The summed E-state index contributed by atoms with van der Waals surface area (Å²) >= 11 is 0. The lowest BCUT2D eigenvalue weighted by atomic mass is 10.1. The van der Waals surface area contributed by atoms with Crippen LogP contribution >= 0.6 is 0 Å². The van der Waals surface area contributed by atoms with E-state index in [0.717, 1.165) is 0 Å². The van der Waals surface area contributed by atoms with Crippen molar-refractivity contribution in [3.63, 3.8) is 0 Å². The van der Waals surface area contributed by atoms with E-state index in [1.807, 2.05) is 6.07 Å². The summed E-state index contributed by atoms with van der Waals surface area (Å²) in [6.07, 6.45) is 1.44. The lowest BCUT2D eigenvalue weighted by Crippen LogP contribution is -2.21. The van der Waals surface area contributed by atoms with E-state index in [-0.39, 0.29) is 11.5 Å². The van der Waals surface area contributed by atoms with Gasteiger partial charge in [-0.3, -0.25) is 9.59 Å². The van der Waals surface area contributed by atoms with Crippen molar-refractivity contribution in [1.82, 2.24) is 4.90 Å². The number of hydrogen-bond donors (Lipinski definition) is 1. The Hall–Kier alpha value is -3.79. The maximum absolute atomic E-state index is 12.5. The van der Waals surface area contributed by atoms with Crippen LogP contribution in [0.3, 0.4) is 0 Å². The van der Waals surface area contributed by atoms with E-state index < -0.39 is 5.91 Å². The molecule has 144 valence electrons. The fourth-order valence-electron chi connectivity index (χ4n) is 2.39. The van der Waals surface area contributed by atoms with Gasteiger partial charge in [-0.15, -0.1) is 0 Å². The first kappa shape index (κ1) is 20.5. The highest BCUT2D eigenvalue weighted by Gasteiger charge is 2.13. The molecular formula is C21H21N3O4. The van der Waals surface area contributed by atoms with Crippen LogP contribution in [0.4, 0.5) is 5.69 Å². The van der Waals surface area contributed by atoms with E-state index in [1.165, 1.54) is 25.2 Å². The van der Waals surface area contributed by atoms with Gasteiger partial charge in [0.2, 0.25) is 0 Å². The average molecular weight is 379 g/mol. The number of nitrogens with zero attached hydrogens (tertiary/aromatic N) is 2. The normalized spacial score (nSPS) is 10.6. The smallest absolute Gasteiger partial charge is 0.266 e. The molecule has 0 aromatic heterocycles. The molecule has 2 aromatic carbocycles. The van der Waals surface area contributed by atoms with Crippen molar-refractivity contribution in [1.29, 1.82) is 5.26 Å². The molecule has 0 fully saturated rings. The van der Waals surface area contributed by atoms with Crippen LogP contribution in [0.2, 0.25) is 0 Å². The Morgan fingerprint density at radius 3 is 2.29 bits per heavy atom. The van der Waals surface area contributed by atoms with E-state index in [1.54, 1.807) is 56.6 Å². The second kappa shape index (κ2) is 9.24. The summed E-state index contributed by atoms with van der Waals surface area (Å²) in [6.45, 7) is 0. The van der Waals surface area contributed by atoms with Crippen LogP contribution in [0.15, 0.2) is 48.0 Å². The molecule has 0 atom stereocenters. The van der Waals surface area contributed by atoms with E-state index >= 15 is 0 Å². The van der Waals surface area contributed by atoms with Crippen LogP contribution in [-0.4, -0.2) is 45.0 Å². The molecule has 2 aromatic rings. The maximum Gasteiger partial charge on any atom is 0.266 e. The summed E-state index contributed by atoms with van der Waals surface area (Å²) in [5.74, 6) is 0.380. The maximum atomic E-state index is 12.5. The Labute approximate surface area is 163 Å². The number of benzene rings is 2. The molecule has 2 amide bonds. The summed E-state index contributed by atoms with van der Waals surface area (Å²) < 4.78 is 10.4. The lowest BCUT2D eigenvalue weighted by Gasteiger charge is -2.11. The number of anilines is 1. The zero-order chi connectivity index (χ0) is 20.7. The number of rotatable bonds is 6. The molecule has 2 rings (SSSR count). The van der Waals surface area contributed by atoms with E-state index in [9.17, 15) is 14.9 Å². The van der Waals surface area contributed by atoms with Crippen molar-refractivity contribution in [2.24, 2.45) is 0 Å². The van der Waals surface area contributed by atoms with Crippen molar-refractivity contribution in [2.75, 3.05) is 33.6 Å². The molecule has 0 aliphatic heterocycles. The third-order valence-electron chi connectivity index (χ3n) is 3.90. The van der Waals surface area contributed by atoms with Crippen molar-refractivity contribution in [3.05, 3.63) is 59.2 Å². The molecule has 1 N–H and O–H groups in total. The summed E-state index contributed by atoms with van der Waals surface area (Å²) in [4.78, 5) is 25.8. The second-order valence-electron chi connectivity index (χ2n) is 6.01. The van der Waals surface area contributed by atoms with Gasteiger partial charge in [-0.05, 0) is 42.5 Å². The van der Waals surface area contributed by atoms with Gasteiger partial charge in [0.05, 0.1) is 14.2 Å². The SMILES string of the molecule is COc1ccc(/C=C(\C#N)C(=O)Nc2ccc(C(=O)N(C)C)cc2)c(OC)c1. The van der Waals surface area contributed by atoms with Crippen LogP contribution < -0.4 is 14.8 Å². The monoisotopic (exact) mass is 379 g/mol. The quantitative estimate of drug-likeness (QED) is 0.615. The third kappa shape index (κ3) is 4.89. The van der Waals surface area contributed by atoms with E-state index in [0.29, 0.717) is 28.3 Å². The predicted molar refractivity (Wildman–Crippen MR) is 106 cm³/mol. The number of carbonyl (C=O) groups excluding carboxylic acids is 2. The molecule has 0 aliphatic rings. The second-order valence-corrected chi connectivity index (χ2v) is 6.01. The number of ether oxygens (including phenoxy) is 2. The summed E-state index contributed by atoms with van der Waals surface area (Å²) in [7, 11) is 6.36. The first-order valence-electron chi connectivity index (χ1n) is 8.36. The van der Waals surface area contributed by atoms with Gasteiger partial charge in [-0.2, -0.15) is 5.26 Å². The first-order chi connectivity index (χ1) is 13.4. The molecule has 0 saturated heterocycles. The summed E-state index contributed by atoms with van der Waals surface area (Å²) in [5.41, 5.74) is 1.46. The highest BCUT2D eigenvalue weighted by atomic mass is 16.5. The lowest BCUT2D eigenvalue weighted by molar-refractivity contribution is -0.112. The van der Waals surface area contributed by atoms with E-state index in [4.69, 9.17) is 9.47 Å². The topological polar surface area (TPSA) is 91.7 Å². The number of nitriles is 1. The number of nitrogens with one attached hydrogen (secondary N) is 1. The molecule has 0 spiro atoms. The Bertz CT molecular complexity index is 941. The van der Waals surface area contributed by atoms with Crippen molar-refractivity contribution < 1.29 is 19.1 Å². The molecule has 0 aliphatic carbocycles. The standard InChI is InChI=1S/C21H21N3O4/c1-24(2)21(26)14-5-8-17(9-6-14)23-20(25)16(13-22)11-15-7-10-18(27-3)12-19(15)28-4/h5-12H,1-4H3,(H,23,25)/b16-11+. The largest absolute Gasteiger partial charge is 0.497 e. The molecule has 7 nitrogen and oxygen atoms in total. The zero-order valence-electron chi connectivity index (χ0n) is 16.1. The zero-order valence-corrected chi connectivity index (χ0v) is 16.1. The predicted octanol–water partition coefficient (Wildman–Crippen LogP) is 2.95. The van der Waals surface area contributed by atoms with Crippen molar-refractivity contribution in [2.45, 2.75) is 0 Å². The minimum absolute atomic E-state index is 0.0862. The fraction of sp³-hybridized carbons (Fsp3) is 0.190. The van der Waals surface area contributed by atoms with Gasteiger partial charge in [0.1, 0.15) is 23.1 Å². The summed E-state index contributed by atoms with van der Waals surface area (Å²) in [5, 5.41) is 12.0. The van der Waals surface area contributed by atoms with Crippen LogP contribution in [-0.2, 0) is 4.79 Å². The highest BCUT2D eigenvalue weighted by Crippen LogP contribution is 2.26. The van der Waals surface area contributed by atoms with Gasteiger partial charge >= 0.3 is 0 Å². The van der Waals surface area contributed by atoms with Gasteiger partial charge in [0, 0.05) is 37.0 Å². The number of amides is 2. The molecule has 0 radical (unpaired) electrons. The minimum Gasteiger partial charge on any atom is -0.497 e. The molecule has 0 bridgehead atoms. The fourth-order valence-corrected chi connectivity index (χ4v) is 2.39. The minimum atomic E-state index is -0.563. The molecule has 7 heteroatoms. The Morgan fingerprint density at radius 2 is 1.75 bits per heavy atom. The Balaban J connectivity index is 2.21. The van der Waals surface area contributed by atoms with Crippen LogP contribution in [0, 0.1) is 11.3 Å². The third-order valence-corrected chi connectivity index (χ3v) is 3.90. The van der Waals surface area contributed by atoms with E-state index in [2.05, 4.69) is 5.32 Å². The van der Waals surface area contributed by atoms with Crippen molar-refractivity contribution >= 4 is 23.6 Å². The molecule has 28 heavy (non-hydrogen) atoms. The molecule has 0 unspecified atom stereocenters. The number of hydrogen-bond acceptors (Lipinski definition) is 5. The van der Waals surface area contributed by atoms with Gasteiger partial charge in [-0.25, -0.2) is 0 Å². The summed E-state index contributed by atoms with van der Waals surface area (Å²) in [6, 6.07) is 13.4. The van der Waals surface area contributed by atoms with Crippen LogP contribution in [0.1, 0.15) is 15.9 Å². The first-order valence-corrected chi connectivity index (χ1v) is 8.36. The average Bonchev–Trinajstić information content (AvgIpc) is 2.71. The molecular weight excluding hydrogens is 358 g/mol.